The molecule has 116 valence electrons. The highest BCUT2D eigenvalue weighted by Gasteiger charge is 2.12. The highest BCUT2D eigenvalue weighted by atomic mass is 19.1. The number of hydrogen-bond acceptors (Lipinski definition) is 2. The van der Waals surface area contributed by atoms with Gasteiger partial charge in [-0.3, -0.25) is 0 Å². The lowest BCUT2D eigenvalue weighted by molar-refractivity contribution is 0.141. The number of carbonyl (C=O) groups is 1. The zero-order valence-electron chi connectivity index (χ0n) is 12.2. The molecule has 0 bridgehead atoms. The van der Waals surface area contributed by atoms with E-state index in [0.717, 1.165) is 11.1 Å². The van der Waals surface area contributed by atoms with Gasteiger partial charge in [0.05, 0.1) is 0 Å². The van der Waals surface area contributed by atoms with E-state index in [2.05, 4.69) is 0 Å². The van der Waals surface area contributed by atoms with Gasteiger partial charge in [-0.2, -0.15) is 0 Å². The van der Waals surface area contributed by atoms with E-state index in [1.165, 1.54) is 17.0 Å². The predicted octanol–water partition coefficient (Wildman–Crippen LogP) is 3.52. The Morgan fingerprint density at radius 1 is 1.14 bits per heavy atom. The lowest BCUT2D eigenvalue weighted by atomic mass is 10.1. The molecule has 0 aliphatic rings. The zero-order valence-corrected chi connectivity index (χ0v) is 12.2. The van der Waals surface area contributed by atoms with Gasteiger partial charge in [0.2, 0.25) is 0 Å². The third-order valence-corrected chi connectivity index (χ3v) is 3.38. The molecule has 22 heavy (non-hydrogen) atoms. The molecule has 3 N–H and O–H groups in total. The van der Waals surface area contributed by atoms with E-state index in [1.54, 1.807) is 24.3 Å². The second kappa shape index (κ2) is 7.45. The number of amides is 1. The molecule has 0 fully saturated rings. The van der Waals surface area contributed by atoms with Crippen LogP contribution < -0.4 is 5.73 Å². The topological polar surface area (TPSA) is 66.6 Å². The summed E-state index contributed by atoms with van der Waals surface area (Å²) in [5.41, 5.74) is 8.04. The van der Waals surface area contributed by atoms with Gasteiger partial charge in [0.25, 0.3) is 0 Å². The van der Waals surface area contributed by atoms with Crippen LogP contribution in [0, 0.1) is 5.82 Å². The third kappa shape index (κ3) is 4.77. The van der Waals surface area contributed by atoms with Crippen LogP contribution in [-0.4, -0.2) is 22.6 Å². The molecule has 0 saturated carbocycles. The summed E-state index contributed by atoms with van der Waals surface area (Å²) < 4.78 is 13.1. The fourth-order valence-corrected chi connectivity index (χ4v) is 2.32. The number of benzene rings is 2. The standard InChI is InChI=1S/C17H19FN2O2/c18-15-7-1-4-13(10-15)6-3-9-20(17(21)22)12-14-5-2-8-16(19)11-14/h1-2,4-5,7-8,10-11H,3,6,9,12,19H2,(H,21,22). The summed E-state index contributed by atoms with van der Waals surface area (Å²) in [6.45, 7) is 0.685. The van der Waals surface area contributed by atoms with Gasteiger partial charge in [-0.1, -0.05) is 24.3 Å². The highest BCUT2D eigenvalue weighted by Crippen LogP contribution is 2.12. The third-order valence-electron chi connectivity index (χ3n) is 3.38. The summed E-state index contributed by atoms with van der Waals surface area (Å²) in [7, 11) is 0. The van der Waals surface area contributed by atoms with Gasteiger partial charge in [-0.05, 0) is 48.2 Å². The molecule has 0 unspecified atom stereocenters. The van der Waals surface area contributed by atoms with Crippen LogP contribution in [0.3, 0.4) is 0 Å². The Morgan fingerprint density at radius 3 is 2.55 bits per heavy atom. The van der Waals surface area contributed by atoms with Crippen molar-refractivity contribution in [2.75, 3.05) is 12.3 Å². The smallest absolute Gasteiger partial charge is 0.407 e. The summed E-state index contributed by atoms with van der Waals surface area (Å²) in [6.07, 6.45) is 0.304. The molecule has 0 radical (unpaired) electrons. The number of halogens is 1. The van der Waals surface area contributed by atoms with Crippen LogP contribution >= 0.6 is 0 Å². The van der Waals surface area contributed by atoms with Crippen molar-refractivity contribution in [2.24, 2.45) is 0 Å². The van der Waals surface area contributed by atoms with Crippen molar-refractivity contribution in [1.82, 2.24) is 4.90 Å². The number of nitrogens with two attached hydrogens (primary N) is 1. The predicted molar refractivity (Wildman–Crippen MR) is 84.0 cm³/mol. The monoisotopic (exact) mass is 302 g/mol. The Kier molecular flexibility index (Phi) is 5.36. The van der Waals surface area contributed by atoms with Crippen LogP contribution in [0.15, 0.2) is 48.5 Å². The molecule has 0 saturated heterocycles. The SMILES string of the molecule is Nc1cccc(CN(CCCc2cccc(F)c2)C(=O)O)c1. The van der Waals surface area contributed by atoms with E-state index in [9.17, 15) is 14.3 Å². The quantitative estimate of drug-likeness (QED) is 0.802. The normalized spacial score (nSPS) is 10.4. The number of rotatable bonds is 6. The van der Waals surface area contributed by atoms with E-state index < -0.39 is 6.09 Å². The molecule has 0 aliphatic carbocycles. The van der Waals surface area contributed by atoms with Crippen molar-refractivity contribution in [3.05, 3.63) is 65.5 Å². The number of nitrogen functional groups attached to an aromatic ring is 1. The van der Waals surface area contributed by atoms with Crippen LogP contribution in [0.2, 0.25) is 0 Å². The van der Waals surface area contributed by atoms with Crippen molar-refractivity contribution < 1.29 is 14.3 Å². The molecule has 0 aromatic heterocycles. The van der Waals surface area contributed by atoms with Gasteiger partial charge >= 0.3 is 6.09 Å². The van der Waals surface area contributed by atoms with Gasteiger partial charge in [0, 0.05) is 18.8 Å². The summed E-state index contributed by atoms with van der Waals surface area (Å²) in [6, 6.07) is 13.5. The molecule has 0 spiro atoms. The molecule has 1 amide bonds. The van der Waals surface area contributed by atoms with Crippen molar-refractivity contribution in [3.63, 3.8) is 0 Å². The van der Waals surface area contributed by atoms with E-state index in [4.69, 9.17) is 5.73 Å². The van der Waals surface area contributed by atoms with Crippen LogP contribution in [0.1, 0.15) is 17.5 Å². The first-order valence-electron chi connectivity index (χ1n) is 7.11. The zero-order chi connectivity index (χ0) is 15.9. The van der Waals surface area contributed by atoms with Gasteiger partial charge in [-0.25, -0.2) is 9.18 Å². The van der Waals surface area contributed by atoms with E-state index in [0.29, 0.717) is 31.6 Å². The lowest BCUT2D eigenvalue weighted by Gasteiger charge is -2.19. The minimum absolute atomic E-state index is 0.271. The first-order valence-corrected chi connectivity index (χ1v) is 7.11. The average molecular weight is 302 g/mol. The maximum Gasteiger partial charge on any atom is 0.407 e. The maximum atomic E-state index is 13.1. The summed E-state index contributed by atoms with van der Waals surface area (Å²) in [5, 5.41) is 9.28. The van der Waals surface area contributed by atoms with Crippen LogP contribution in [-0.2, 0) is 13.0 Å². The van der Waals surface area contributed by atoms with Crippen molar-refractivity contribution in [3.8, 4) is 0 Å². The fourth-order valence-electron chi connectivity index (χ4n) is 2.32. The first-order chi connectivity index (χ1) is 10.5. The van der Waals surface area contributed by atoms with Crippen molar-refractivity contribution >= 4 is 11.8 Å². The molecular weight excluding hydrogens is 283 g/mol. The molecule has 2 aromatic carbocycles. The van der Waals surface area contributed by atoms with E-state index in [1.807, 2.05) is 12.1 Å². The number of aryl methyl sites for hydroxylation is 1. The molecule has 2 rings (SSSR count). The largest absolute Gasteiger partial charge is 0.465 e. The fraction of sp³-hybridized carbons (Fsp3) is 0.235. The molecule has 0 aliphatic heterocycles. The highest BCUT2D eigenvalue weighted by molar-refractivity contribution is 5.65. The van der Waals surface area contributed by atoms with Gasteiger partial charge in [-0.15, -0.1) is 0 Å². The minimum atomic E-state index is -0.971. The summed E-state index contributed by atoms with van der Waals surface area (Å²) in [4.78, 5) is 12.7. The average Bonchev–Trinajstić information content (AvgIpc) is 2.46. The van der Waals surface area contributed by atoms with Crippen LogP contribution in [0.5, 0.6) is 0 Å². The Labute approximate surface area is 129 Å². The number of hydrogen-bond donors (Lipinski definition) is 2. The second-order valence-corrected chi connectivity index (χ2v) is 5.18. The molecule has 0 heterocycles. The number of anilines is 1. The molecule has 4 nitrogen and oxygen atoms in total. The van der Waals surface area contributed by atoms with E-state index >= 15 is 0 Å². The molecule has 5 heteroatoms. The minimum Gasteiger partial charge on any atom is -0.465 e. The van der Waals surface area contributed by atoms with E-state index in [-0.39, 0.29) is 5.82 Å². The molecule has 0 atom stereocenters. The number of nitrogens with zero attached hydrogens (tertiary/aromatic N) is 1. The maximum absolute atomic E-state index is 13.1. The lowest BCUT2D eigenvalue weighted by Crippen LogP contribution is -2.30. The molecule has 2 aromatic rings. The van der Waals surface area contributed by atoms with Crippen LogP contribution in [0.4, 0.5) is 14.9 Å². The Bertz CT molecular complexity index is 646. The van der Waals surface area contributed by atoms with Crippen molar-refractivity contribution in [1.29, 1.82) is 0 Å². The molecular formula is C17H19FN2O2. The Balaban J connectivity index is 1.90. The Hall–Kier alpha value is -2.56. The van der Waals surface area contributed by atoms with Crippen LogP contribution in [0.25, 0.3) is 0 Å². The number of carboxylic acid groups (broad SMARTS) is 1. The Morgan fingerprint density at radius 2 is 1.86 bits per heavy atom. The summed E-state index contributed by atoms with van der Waals surface area (Å²) in [5.74, 6) is -0.271. The van der Waals surface area contributed by atoms with Gasteiger partial charge in [0.15, 0.2) is 0 Å². The van der Waals surface area contributed by atoms with Gasteiger partial charge in [0.1, 0.15) is 5.82 Å². The van der Waals surface area contributed by atoms with Gasteiger partial charge < -0.3 is 15.7 Å². The summed E-state index contributed by atoms with van der Waals surface area (Å²) >= 11 is 0. The van der Waals surface area contributed by atoms with Crippen molar-refractivity contribution in [2.45, 2.75) is 19.4 Å². The first kappa shape index (κ1) is 15.8. The second-order valence-electron chi connectivity index (χ2n) is 5.18.